The molecule has 3 heteroatoms. The van der Waals surface area contributed by atoms with Crippen molar-refractivity contribution in [3.05, 3.63) is 113 Å². The van der Waals surface area contributed by atoms with Gasteiger partial charge in [-0.3, -0.25) is 9.69 Å². The Balaban J connectivity index is 1.40. The first kappa shape index (κ1) is 22.0. The van der Waals surface area contributed by atoms with Crippen molar-refractivity contribution in [1.29, 1.82) is 0 Å². The standard InChI is InChI=1S/C29H32N2O/c1-23(2)25-16-13-24(14-17-25)15-18-28(32)30-19-21-31(22-20-30)29(26-9-5-3-6-10-26)27-11-7-4-8-12-27/h3-18,23,29H,19-22H2,1-2H3/b18-15+. The molecule has 1 fully saturated rings. The molecule has 3 aromatic rings. The average Bonchev–Trinajstić information content (AvgIpc) is 2.85. The zero-order valence-corrected chi connectivity index (χ0v) is 19.0. The molecular weight excluding hydrogens is 392 g/mol. The summed E-state index contributed by atoms with van der Waals surface area (Å²) in [5, 5.41) is 0. The molecule has 0 bridgehead atoms. The van der Waals surface area contributed by atoms with Gasteiger partial charge < -0.3 is 4.90 Å². The Morgan fingerprint density at radius 1 is 0.719 bits per heavy atom. The van der Waals surface area contributed by atoms with Gasteiger partial charge in [-0.1, -0.05) is 98.8 Å². The van der Waals surface area contributed by atoms with Gasteiger partial charge in [-0.2, -0.15) is 0 Å². The second kappa shape index (κ2) is 10.4. The molecule has 0 atom stereocenters. The van der Waals surface area contributed by atoms with Gasteiger partial charge >= 0.3 is 0 Å². The van der Waals surface area contributed by atoms with E-state index in [4.69, 9.17) is 0 Å². The van der Waals surface area contributed by atoms with Gasteiger partial charge in [0, 0.05) is 32.3 Å². The number of carbonyl (C=O) groups excluding carboxylic acids is 1. The van der Waals surface area contributed by atoms with Gasteiger partial charge in [0.15, 0.2) is 0 Å². The lowest BCUT2D eigenvalue weighted by molar-refractivity contribution is -0.127. The SMILES string of the molecule is CC(C)c1ccc(/C=C/C(=O)N2CCN(C(c3ccccc3)c3ccccc3)CC2)cc1. The van der Waals surface area contributed by atoms with Gasteiger partial charge in [-0.25, -0.2) is 0 Å². The number of hydrogen-bond acceptors (Lipinski definition) is 2. The summed E-state index contributed by atoms with van der Waals surface area (Å²) in [5.74, 6) is 0.607. The van der Waals surface area contributed by atoms with Gasteiger partial charge in [0.2, 0.25) is 5.91 Å². The summed E-state index contributed by atoms with van der Waals surface area (Å²) in [7, 11) is 0. The molecular formula is C29H32N2O. The Morgan fingerprint density at radius 2 is 1.25 bits per heavy atom. The number of amides is 1. The summed E-state index contributed by atoms with van der Waals surface area (Å²) in [6, 6.07) is 30.0. The quantitative estimate of drug-likeness (QED) is 0.470. The van der Waals surface area contributed by atoms with E-state index in [1.54, 1.807) is 6.08 Å². The van der Waals surface area contributed by atoms with Crippen LogP contribution in [0.4, 0.5) is 0 Å². The predicted molar refractivity (Wildman–Crippen MR) is 132 cm³/mol. The zero-order chi connectivity index (χ0) is 22.3. The summed E-state index contributed by atoms with van der Waals surface area (Å²) >= 11 is 0. The molecule has 4 rings (SSSR count). The van der Waals surface area contributed by atoms with Crippen molar-refractivity contribution < 1.29 is 4.79 Å². The van der Waals surface area contributed by atoms with Crippen LogP contribution in [-0.4, -0.2) is 41.9 Å². The Kier molecular flexibility index (Phi) is 7.18. The van der Waals surface area contributed by atoms with Crippen molar-refractivity contribution in [2.45, 2.75) is 25.8 Å². The van der Waals surface area contributed by atoms with Crippen LogP contribution in [0.25, 0.3) is 6.08 Å². The largest absolute Gasteiger partial charge is 0.337 e. The first-order chi connectivity index (χ1) is 15.6. The summed E-state index contributed by atoms with van der Waals surface area (Å²) < 4.78 is 0. The number of nitrogens with zero attached hydrogens (tertiary/aromatic N) is 2. The van der Waals surface area contributed by atoms with Gasteiger partial charge in [0.25, 0.3) is 0 Å². The first-order valence-corrected chi connectivity index (χ1v) is 11.5. The fraction of sp³-hybridized carbons (Fsp3) is 0.276. The third-order valence-corrected chi connectivity index (χ3v) is 6.24. The fourth-order valence-electron chi connectivity index (χ4n) is 4.35. The van der Waals surface area contributed by atoms with Crippen LogP contribution >= 0.6 is 0 Å². The number of carbonyl (C=O) groups is 1. The molecule has 3 aromatic carbocycles. The van der Waals surface area contributed by atoms with Crippen molar-refractivity contribution in [1.82, 2.24) is 9.80 Å². The molecule has 0 spiro atoms. The molecule has 1 aliphatic heterocycles. The molecule has 1 heterocycles. The van der Waals surface area contributed by atoms with E-state index in [1.165, 1.54) is 16.7 Å². The van der Waals surface area contributed by atoms with Crippen LogP contribution < -0.4 is 0 Å². The third-order valence-electron chi connectivity index (χ3n) is 6.24. The molecule has 1 aliphatic rings. The van der Waals surface area contributed by atoms with Gasteiger partial charge in [-0.15, -0.1) is 0 Å². The maximum atomic E-state index is 12.8. The lowest BCUT2D eigenvalue weighted by Gasteiger charge is -2.39. The summed E-state index contributed by atoms with van der Waals surface area (Å²) in [6.07, 6.45) is 3.64. The highest BCUT2D eigenvalue weighted by atomic mass is 16.2. The van der Waals surface area contributed by atoms with Crippen LogP contribution in [0.1, 0.15) is 48.1 Å². The molecule has 0 saturated carbocycles. The van der Waals surface area contributed by atoms with Gasteiger partial charge in [0.05, 0.1) is 6.04 Å². The maximum Gasteiger partial charge on any atom is 0.246 e. The van der Waals surface area contributed by atoms with Crippen LogP contribution in [0.3, 0.4) is 0 Å². The van der Waals surface area contributed by atoms with E-state index in [0.29, 0.717) is 5.92 Å². The van der Waals surface area contributed by atoms with Crippen LogP contribution in [0.2, 0.25) is 0 Å². The molecule has 0 aromatic heterocycles. The Hall–Kier alpha value is -3.17. The molecule has 0 aliphatic carbocycles. The van der Waals surface area contributed by atoms with Gasteiger partial charge in [-0.05, 0) is 34.2 Å². The highest BCUT2D eigenvalue weighted by molar-refractivity contribution is 5.91. The van der Waals surface area contributed by atoms with Crippen molar-refractivity contribution in [2.24, 2.45) is 0 Å². The second-order valence-corrected chi connectivity index (χ2v) is 8.74. The van der Waals surface area contributed by atoms with Crippen molar-refractivity contribution >= 4 is 12.0 Å². The summed E-state index contributed by atoms with van der Waals surface area (Å²) in [4.78, 5) is 17.2. The summed E-state index contributed by atoms with van der Waals surface area (Å²) in [5.41, 5.74) is 4.97. The maximum absolute atomic E-state index is 12.8. The monoisotopic (exact) mass is 424 g/mol. The van der Waals surface area contributed by atoms with Gasteiger partial charge in [0.1, 0.15) is 0 Å². The highest BCUT2D eigenvalue weighted by Gasteiger charge is 2.27. The number of hydrogen-bond donors (Lipinski definition) is 0. The number of benzene rings is 3. The molecule has 0 unspecified atom stereocenters. The number of rotatable bonds is 6. The van der Waals surface area contributed by atoms with Crippen LogP contribution in [0.15, 0.2) is 91.0 Å². The van der Waals surface area contributed by atoms with Crippen LogP contribution in [0.5, 0.6) is 0 Å². The van der Waals surface area contributed by atoms with E-state index in [-0.39, 0.29) is 11.9 Å². The summed E-state index contributed by atoms with van der Waals surface area (Å²) in [6.45, 7) is 7.58. The molecule has 1 amide bonds. The van der Waals surface area contributed by atoms with E-state index in [9.17, 15) is 4.79 Å². The highest BCUT2D eigenvalue weighted by Crippen LogP contribution is 2.29. The van der Waals surface area contributed by atoms with Crippen LogP contribution in [-0.2, 0) is 4.79 Å². The van der Waals surface area contributed by atoms with Crippen molar-refractivity contribution in [3.8, 4) is 0 Å². The van der Waals surface area contributed by atoms with E-state index in [2.05, 4.69) is 104 Å². The minimum atomic E-state index is 0.0913. The zero-order valence-electron chi connectivity index (χ0n) is 19.0. The van der Waals surface area contributed by atoms with Crippen molar-refractivity contribution in [3.63, 3.8) is 0 Å². The first-order valence-electron chi connectivity index (χ1n) is 11.5. The molecule has 0 N–H and O–H groups in total. The molecule has 1 saturated heterocycles. The third kappa shape index (κ3) is 5.35. The Morgan fingerprint density at radius 3 is 1.75 bits per heavy atom. The topological polar surface area (TPSA) is 23.6 Å². The fourth-order valence-corrected chi connectivity index (χ4v) is 4.35. The normalized spacial score (nSPS) is 15.1. The molecule has 164 valence electrons. The number of piperazine rings is 1. The lowest BCUT2D eigenvalue weighted by Crippen LogP contribution is -2.49. The molecule has 32 heavy (non-hydrogen) atoms. The van der Waals surface area contributed by atoms with E-state index in [1.807, 2.05) is 11.0 Å². The second-order valence-electron chi connectivity index (χ2n) is 8.74. The molecule has 0 radical (unpaired) electrons. The average molecular weight is 425 g/mol. The lowest BCUT2D eigenvalue weighted by atomic mass is 9.96. The smallest absolute Gasteiger partial charge is 0.246 e. The van der Waals surface area contributed by atoms with E-state index < -0.39 is 0 Å². The van der Waals surface area contributed by atoms with E-state index in [0.717, 1.165) is 31.7 Å². The predicted octanol–water partition coefficient (Wildman–Crippen LogP) is 5.76. The van der Waals surface area contributed by atoms with Crippen molar-refractivity contribution in [2.75, 3.05) is 26.2 Å². The Labute approximate surface area is 192 Å². The minimum absolute atomic E-state index is 0.0913. The molecule has 3 nitrogen and oxygen atoms in total. The Bertz CT molecular complexity index is 978. The van der Waals surface area contributed by atoms with E-state index >= 15 is 0 Å². The van der Waals surface area contributed by atoms with Crippen LogP contribution in [0, 0.1) is 0 Å². The minimum Gasteiger partial charge on any atom is -0.337 e.